The topological polar surface area (TPSA) is 112 Å². The standard InChI is InChI=1S/Fe.Mg.H4O4Si.H2O.2H/c;;1-5(2,3)4;;;/h;;1-4H;1H2;;. The van der Waals surface area contributed by atoms with Crippen LogP contribution < -0.4 is 0 Å². The molecule has 0 aromatic rings. The smallest absolute Gasteiger partial charge is 0.412 e. The van der Waals surface area contributed by atoms with Crippen molar-refractivity contribution in [3.63, 3.8) is 0 Å². The summed E-state index contributed by atoms with van der Waals surface area (Å²) in [6.45, 7) is 0. The maximum absolute atomic E-state index is 7.33. The van der Waals surface area contributed by atoms with Gasteiger partial charge in [0.25, 0.3) is 0 Å². The summed E-state index contributed by atoms with van der Waals surface area (Å²) in [5.74, 6) is 0. The molecule has 0 saturated heterocycles. The molecule has 0 aromatic heterocycles. The zero-order chi connectivity index (χ0) is 4.50. The van der Waals surface area contributed by atoms with Gasteiger partial charge in [0.05, 0.1) is 0 Å². The summed E-state index contributed by atoms with van der Waals surface area (Å²) in [5.41, 5.74) is 0. The van der Waals surface area contributed by atoms with Crippen LogP contribution in [0, 0.1) is 0 Å². The predicted molar refractivity (Wildman–Crippen MR) is 26.8 cm³/mol. The van der Waals surface area contributed by atoms with Gasteiger partial charge >= 0.3 is 32.1 Å². The Morgan fingerprint density at radius 2 is 0.875 bits per heavy atom. The van der Waals surface area contributed by atoms with Gasteiger partial charge in [-0.3, -0.25) is 0 Å². The van der Waals surface area contributed by atoms with Crippen molar-refractivity contribution in [2.24, 2.45) is 0 Å². The molecule has 0 saturated carbocycles. The molecule has 0 fully saturated rings. The van der Waals surface area contributed by atoms with Crippen molar-refractivity contribution in [3.8, 4) is 0 Å². The Balaban J connectivity index is -0.0000000267. The maximum Gasteiger partial charge on any atom is 0.668 e. The van der Waals surface area contributed by atoms with Gasteiger partial charge in [0.15, 0.2) is 0 Å². The molecule has 0 atom stereocenters. The van der Waals surface area contributed by atoms with E-state index in [9.17, 15) is 0 Å². The van der Waals surface area contributed by atoms with E-state index in [2.05, 4.69) is 0 Å². The van der Waals surface area contributed by atoms with E-state index in [1.807, 2.05) is 0 Å². The molecule has 6 N–H and O–H groups in total. The molecule has 0 rings (SSSR count). The maximum atomic E-state index is 7.33. The van der Waals surface area contributed by atoms with Crippen molar-refractivity contribution in [2.45, 2.75) is 0 Å². The molecule has 0 heterocycles. The van der Waals surface area contributed by atoms with Gasteiger partial charge in [-0.05, 0) is 0 Å². The first kappa shape index (κ1) is 22.8. The minimum Gasteiger partial charge on any atom is -0.412 e. The quantitative estimate of drug-likeness (QED) is 0.293. The molecule has 0 aromatic carbocycles. The summed E-state index contributed by atoms with van der Waals surface area (Å²) in [7, 11) is -4.61. The normalized spacial score (nSPS) is 7.50. The number of rotatable bonds is 0. The van der Waals surface area contributed by atoms with Crippen LogP contribution in [0.1, 0.15) is 0 Å². The van der Waals surface area contributed by atoms with Gasteiger partial charge in [0.2, 0.25) is 0 Å². The zero-order valence-electron chi connectivity index (χ0n) is 3.14. The van der Waals surface area contributed by atoms with Crippen molar-refractivity contribution in [2.75, 3.05) is 0 Å². The summed E-state index contributed by atoms with van der Waals surface area (Å²) in [6.07, 6.45) is 0. The first-order valence-corrected chi connectivity index (χ1v) is 2.68. The first-order chi connectivity index (χ1) is 2.00. The molecule has 52 valence electrons. The van der Waals surface area contributed by atoms with E-state index >= 15 is 0 Å². The molecule has 0 unspecified atom stereocenters. The predicted octanol–water partition coefficient (Wildman–Crippen LogP) is -4.35. The Kier molecular flexibility index (Phi) is 23.7. The van der Waals surface area contributed by atoms with Gasteiger partial charge in [-0.15, -0.1) is 0 Å². The second-order valence-corrected chi connectivity index (χ2v) is 1.80. The molecular formula is H8FeMgO5Si. The van der Waals surface area contributed by atoms with E-state index in [4.69, 9.17) is 19.2 Å². The van der Waals surface area contributed by atoms with Crippen LogP contribution in [0.15, 0.2) is 0 Å². The fraction of sp³-hybridized carbons (Fsp3) is 0. The van der Waals surface area contributed by atoms with E-state index < -0.39 is 9.05 Å². The molecule has 0 radical (unpaired) electrons. The Labute approximate surface area is 73.8 Å². The molecule has 0 aliphatic rings. The molecule has 0 aliphatic heterocycles. The summed E-state index contributed by atoms with van der Waals surface area (Å²) in [6, 6.07) is 0. The monoisotopic (exact) mass is 196 g/mol. The van der Waals surface area contributed by atoms with E-state index in [1.165, 1.54) is 0 Å². The molecule has 8 heavy (non-hydrogen) atoms. The van der Waals surface area contributed by atoms with Crippen LogP contribution in [0.25, 0.3) is 0 Å². The third-order valence-electron chi connectivity index (χ3n) is 0. The van der Waals surface area contributed by atoms with Crippen LogP contribution in [0.3, 0.4) is 0 Å². The van der Waals surface area contributed by atoms with Gasteiger partial charge in [0, 0.05) is 17.1 Å². The van der Waals surface area contributed by atoms with Gasteiger partial charge in [0.1, 0.15) is 0 Å². The van der Waals surface area contributed by atoms with Crippen LogP contribution >= 0.6 is 0 Å². The second-order valence-electron chi connectivity index (χ2n) is 0.600. The number of hydrogen-bond donors (Lipinski definition) is 4. The van der Waals surface area contributed by atoms with Crippen LogP contribution in [0.4, 0.5) is 0 Å². The largest absolute Gasteiger partial charge is 0.668 e. The van der Waals surface area contributed by atoms with Gasteiger partial charge in [-0.1, -0.05) is 0 Å². The average Bonchev–Trinajstić information content (AvgIpc) is 0.722. The zero-order valence-corrected chi connectivity index (χ0v) is 5.25. The SMILES string of the molecule is O.O[Si](O)(O)O.[Fe].[MgH2]. The van der Waals surface area contributed by atoms with Crippen LogP contribution in [-0.4, -0.2) is 56.8 Å². The molecule has 0 spiro atoms. The third kappa shape index (κ3) is 171. The van der Waals surface area contributed by atoms with Crippen LogP contribution in [-0.2, 0) is 17.1 Å². The number of hydrogen-bond acceptors (Lipinski definition) is 4. The van der Waals surface area contributed by atoms with E-state index in [0.717, 1.165) is 0 Å². The Hall–Kier alpha value is 1.30. The second kappa shape index (κ2) is 8.30. The van der Waals surface area contributed by atoms with E-state index in [1.54, 1.807) is 0 Å². The summed E-state index contributed by atoms with van der Waals surface area (Å²) >= 11 is 0. The molecular weight excluding hydrogens is 188 g/mol. The van der Waals surface area contributed by atoms with Crippen LogP contribution in [0.2, 0.25) is 0 Å². The van der Waals surface area contributed by atoms with Crippen molar-refractivity contribution in [1.29, 1.82) is 0 Å². The molecule has 8 heteroatoms. The van der Waals surface area contributed by atoms with Crippen LogP contribution in [0.5, 0.6) is 0 Å². The Morgan fingerprint density at radius 3 is 0.875 bits per heavy atom. The fourth-order valence-corrected chi connectivity index (χ4v) is 0. The molecule has 0 bridgehead atoms. The van der Waals surface area contributed by atoms with Gasteiger partial charge in [-0.25, -0.2) is 0 Å². The van der Waals surface area contributed by atoms with E-state index in [0.29, 0.717) is 0 Å². The fourth-order valence-electron chi connectivity index (χ4n) is 0. The van der Waals surface area contributed by atoms with E-state index in [-0.39, 0.29) is 45.6 Å². The molecule has 0 amide bonds. The third-order valence-corrected chi connectivity index (χ3v) is 0. The Bertz CT molecular complexity index is 27.9. The van der Waals surface area contributed by atoms with Gasteiger partial charge in [-0.2, -0.15) is 0 Å². The average molecular weight is 196 g/mol. The summed E-state index contributed by atoms with van der Waals surface area (Å²) < 4.78 is 0. The molecule has 0 aliphatic carbocycles. The summed E-state index contributed by atoms with van der Waals surface area (Å²) in [4.78, 5) is 29.3. The van der Waals surface area contributed by atoms with Crippen molar-refractivity contribution in [1.82, 2.24) is 0 Å². The Morgan fingerprint density at radius 1 is 0.875 bits per heavy atom. The summed E-state index contributed by atoms with van der Waals surface area (Å²) in [5, 5.41) is 0. The minimum atomic E-state index is -4.61. The first-order valence-electron chi connectivity index (χ1n) is 0.894. The van der Waals surface area contributed by atoms with Crippen molar-refractivity contribution >= 4 is 32.1 Å². The minimum absolute atomic E-state index is 0. The van der Waals surface area contributed by atoms with Gasteiger partial charge < -0.3 is 24.7 Å². The molecule has 5 nitrogen and oxygen atoms in total. The van der Waals surface area contributed by atoms with Crippen molar-refractivity contribution < 1.29 is 41.7 Å². The van der Waals surface area contributed by atoms with Crippen molar-refractivity contribution in [3.05, 3.63) is 0 Å².